The predicted molar refractivity (Wildman–Crippen MR) is 135 cm³/mol. The van der Waals surface area contributed by atoms with Gasteiger partial charge in [0.2, 0.25) is 0 Å². The maximum Gasteiger partial charge on any atom is 0.294 e. The van der Waals surface area contributed by atoms with Crippen molar-refractivity contribution in [3.63, 3.8) is 0 Å². The van der Waals surface area contributed by atoms with Crippen LogP contribution in [0.25, 0.3) is 23.0 Å². The third-order valence-electron chi connectivity index (χ3n) is 5.48. The van der Waals surface area contributed by atoms with Gasteiger partial charge in [0.25, 0.3) is 22.8 Å². The van der Waals surface area contributed by atoms with E-state index in [-0.39, 0.29) is 23.7 Å². The smallest absolute Gasteiger partial charge is 0.294 e. The van der Waals surface area contributed by atoms with Crippen LogP contribution in [-0.4, -0.2) is 55.2 Å². The highest BCUT2D eigenvalue weighted by Crippen LogP contribution is 2.31. The second-order valence-corrected chi connectivity index (χ2v) is 8.80. The van der Waals surface area contributed by atoms with Crippen molar-refractivity contribution in [1.29, 1.82) is 0 Å². The zero-order valence-electron chi connectivity index (χ0n) is 18.8. The van der Waals surface area contributed by atoms with Gasteiger partial charge >= 0.3 is 0 Å². The molecule has 0 radical (unpaired) electrons. The molecule has 0 bridgehead atoms. The normalized spacial score (nSPS) is 14.6. The number of hydrogen-bond acceptors (Lipinski definition) is 7. The lowest BCUT2D eigenvalue weighted by molar-refractivity contribution is -0.123. The molecular weight excluding hydrogens is 478 g/mol. The van der Waals surface area contributed by atoms with E-state index >= 15 is 0 Å². The fourth-order valence-corrected chi connectivity index (χ4v) is 4.65. The third-order valence-corrected chi connectivity index (χ3v) is 6.38. The molecule has 1 aliphatic rings. The van der Waals surface area contributed by atoms with Crippen molar-refractivity contribution < 1.29 is 19.2 Å². The van der Waals surface area contributed by atoms with Crippen molar-refractivity contribution in [2.45, 2.75) is 0 Å². The molecule has 1 N–H and O–H groups in total. The van der Waals surface area contributed by atoms with E-state index in [1.54, 1.807) is 59.4 Å². The molecule has 4 aromatic rings. The minimum atomic E-state index is -0.851. The lowest BCUT2D eigenvalue weighted by Crippen LogP contribution is -2.40. The molecule has 0 unspecified atom stereocenters. The predicted octanol–water partition coefficient (Wildman–Crippen LogP) is 3.43. The maximum atomic E-state index is 13.2. The molecule has 4 heterocycles. The van der Waals surface area contributed by atoms with Crippen LogP contribution in [0.4, 0.5) is 4.79 Å². The van der Waals surface area contributed by atoms with E-state index in [2.05, 4.69) is 15.3 Å². The molecule has 5 rings (SSSR count). The van der Waals surface area contributed by atoms with Gasteiger partial charge in [-0.1, -0.05) is 42.5 Å². The zero-order valence-corrected chi connectivity index (χ0v) is 19.6. The van der Waals surface area contributed by atoms with E-state index in [4.69, 9.17) is 0 Å². The summed E-state index contributed by atoms with van der Waals surface area (Å²) in [7, 11) is 0. The van der Waals surface area contributed by atoms with E-state index in [1.807, 2.05) is 30.3 Å². The summed E-state index contributed by atoms with van der Waals surface area (Å²) in [6, 6.07) is 17.9. The minimum absolute atomic E-state index is 0.0627. The molecule has 36 heavy (non-hydrogen) atoms. The first-order valence-electron chi connectivity index (χ1n) is 11.0. The van der Waals surface area contributed by atoms with Crippen molar-refractivity contribution in [1.82, 2.24) is 24.6 Å². The number of imide groups is 1. The summed E-state index contributed by atoms with van der Waals surface area (Å²) < 4.78 is 1.57. The Morgan fingerprint density at radius 3 is 2.58 bits per heavy atom. The number of carbonyl (C=O) groups excluding carboxylic acids is 4. The van der Waals surface area contributed by atoms with Crippen LogP contribution in [0.5, 0.6) is 0 Å². The van der Waals surface area contributed by atoms with Gasteiger partial charge in [-0.2, -0.15) is 0 Å². The van der Waals surface area contributed by atoms with Crippen LogP contribution in [0.1, 0.15) is 16.1 Å². The van der Waals surface area contributed by atoms with Crippen LogP contribution in [0, 0.1) is 0 Å². The van der Waals surface area contributed by atoms with Crippen molar-refractivity contribution in [2.24, 2.45) is 0 Å². The summed E-state index contributed by atoms with van der Waals surface area (Å²) in [5, 5.41) is 2.09. The number of rotatable bonds is 7. The number of benzene rings is 1. The summed E-state index contributed by atoms with van der Waals surface area (Å²) >= 11 is 0.820. The molecular formula is C26H19N5O4S. The Labute approximate surface area is 209 Å². The number of ketones is 1. The van der Waals surface area contributed by atoms with Crippen LogP contribution >= 0.6 is 11.8 Å². The lowest BCUT2D eigenvalue weighted by Gasteiger charge is -2.13. The molecule has 0 atom stereocenters. The highest BCUT2D eigenvalue weighted by Gasteiger charge is 2.35. The number of amides is 3. The molecule has 3 aromatic heterocycles. The average Bonchev–Trinajstić information content (AvgIpc) is 3.42. The Morgan fingerprint density at radius 2 is 1.81 bits per heavy atom. The number of nitrogens with one attached hydrogen (secondary N) is 1. The van der Waals surface area contributed by atoms with Gasteiger partial charge in [-0.25, -0.2) is 4.98 Å². The second kappa shape index (κ2) is 9.96. The number of fused-ring (bicyclic) bond motifs is 1. The van der Waals surface area contributed by atoms with Gasteiger partial charge in [0, 0.05) is 37.2 Å². The average molecular weight is 498 g/mol. The van der Waals surface area contributed by atoms with Crippen molar-refractivity contribution in [2.75, 3.05) is 13.1 Å². The SMILES string of the molecule is O=C(NCCN1C(=O)S/C(=C/c2cccnc2)C1=O)C(=O)c1c(-c2ccccc2)nc2ccccn12. The fraction of sp³-hybridized carbons (Fsp3) is 0.0769. The molecule has 9 nitrogen and oxygen atoms in total. The topological polar surface area (TPSA) is 114 Å². The summed E-state index contributed by atoms with van der Waals surface area (Å²) in [6.45, 7) is -0.132. The number of hydrogen-bond donors (Lipinski definition) is 1. The van der Waals surface area contributed by atoms with Crippen LogP contribution < -0.4 is 5.32 Å². The van der Waals surface area contributed by atoms with Gasteiger partial charge in [0.1, 0.15) is 17.0 Å². The summed E-state index contributed by atoms with van der Waals surface area (Å²) in [4.78, 5) is 60.9. The Kier molecular flexibility index (Phi) is 6.42. The Hall–Kier alpha value is -4.57. The zero-order chi connectivity index (χ0) is 25.1. The molecule has 3 amide bonds. The number of thioether (sulfide) groups is 1. The van der Waals surface area contributed by atoms with Crippen LogP contribution in [0.2, 0.25) is 0 Å². The monoisotopic (exact) mass is 497 g/mol. The van der Waals surface area contributed by atoms with Crippen molar-refractivity contribution in [3.05, 3.63) is 95.4 Å². The quantitative estimate of drug-likeness (QED) is 0.236. The highest BCUT2D eigenvalue weighted by atomic mass is 32.2. The minimum Gasteiger partial charge on any atom is -0.347 e. The van der Waals surface area contributed by atoms with Gasteiger partial charge in [-0.05, 0) is 41.6 Å². The number of Topliss-reactive ketones (excluding diaryl/α,β-unsaturated/α-hetero) is 1. The standard InChI is InChI=1S/C26H19N5O4S/c32-23(22-21(18-8-2-1-3-9-18)29-20-10-4-5-13-30(20)22)24(33)28-12-14-31-25(34)19(36-26(31)35)15-17-7-6-11-27-16-17/h1-11,13,15-16H,12,14H2,(H,28,33)/b19-15+. The highest BCUT2D eigenvalue weighted by molar-refractivity contribution is 8.18. The Morgan fingerprint density at radius 1 is 1.00 bits per heavy atom. The van der Waals surface area contributed by atoms with E-state index in [9.17, 15) is 19.2 Å². The first-order chi connectivity index (χ1) is 17.5. The lowest BCUT2D eigenvalue weighted by atomic mass is 10.1. The molecule has 1 aromatic carbocycles. The molecule has 1 saturated heterocycles. The van der Waals surface area contributed by atoms with Crippen LogP contribution in [-0.2, 0) is 9.59 Å². The third kappa shape index (κ3) is 4.53. The number of nitrogens with zero attached hydrogens (tertiary/aromatic N) is 4. The number of pyridine rings is 2. The van der Waals surface area contributed by atoms with Gasteiger partial charge in [0.05, 0.1) is 4.91 Å². The van der Waals surface area contributed by atoms with E-state index < -0.39 is 22.8 Å². The van der Waals surface area contributed by atoms with Gasteiger partial charge < -0.3 is 5.32 Å². The molecule has 10 heteroatoms. The van der Waals surface area contributed by atoms with Gasteiger partial charge in [0.15, 0.2) is 0 Å². The first kappa shape index (κ1) is 23.2. The summed E-state index contributed by atoms with van der Waals surface area (Å²) in [5.74, 6) is -2.07. The summed E-state index contributed by atoms with van der Waals surface area (Å²) in [6.07, 6.45) is 6.46. The number of aromatic nitrogens is 3. The molecule has 178 valence electrons. The Balaban J connectivity index is 1.29. The van der Waals surface area contributed by atoms with Crippen molar-refractivity contribution >= 4 is 46.3 Å². The van der Waals surface area contributed by atoms with Gasteiger partial charge in [-0.3, -0.25) is 33.5 Å². The first-order valence-corrected chi connectivity index (χ1v) is 11.8. The molecule has 0 spiro atoms. The fourth-order valence-electron chi connectivity index (χ4n) is 3.78. The van der Waals surface area contributed by atoms with E-state index in [0.717, 1.165) is 16.7 Å². The summed E-state index contributed by atoms with van der Waals surface area (Å²) in [5.41, 5.74) is 2.47. The van der Waals surface area contributed by atoms with Crippen LogP contribution in [0.15, 0.2) is 84.2 Å². The van der Waals surface area contributed by atoms with Crippen LogP contribution in [0.3, 0.4) is 0 Å². The van der Waals surface area contributed by atoms with Gasteiger partial charge in [-0.15, -0.1) is 0 Å². The van der Waals surface area contributed by atoms with E-state index in [0.29, 0.717) is 22.5 Å². The molecule has 0 aliphatic carbocycles. The molecule has 1 aliphatic heterocycles. The second-order valence-electron chi connectivity index (χ2n) is 7.81. The number of carbonyl (C=O) groups is 4. The molecule has 0 saturated carbocycles. The number of imidazole rings is 1. The largest absolute Gasteiger partial charge is 0.347 e. The maximum absolute atomic E-state index is 13.2. The van der Waals surface area contributed by atoms with E-state index in [1.165, 1.54) is 0 Å². The van der Waals surface area contributed by atoms with Crippen molar-refractivity contribution in [3.8, 4) is 11.3 Å². The Bertz CT molecular complexity index is 1520. The molecule has 1 fully saturated rings.